The second kappa shape index (κ2) is 4.59. The fourth-order valence-corrected chi connectivity index (χ4v) is 1.32. The molecule has 0 radical (unpaired) electrons. The third-order valence-electron chi connectivity index (χ3n) is 2.13. The highest BCUT2D eigenvalue weighted by Crippen LogP contribution is 2.03. The average molecular weight is 202 g/mol. The quantitative estimate of drug-likeness (QED) is 0.794. The summed E-state index contributed by atoms with van der Waals surface area (Å²) in [6.07, 6.45) is 6.33. The first-order valence-corrected chi connectivity index (χ1v) is 4.99. The van der Waals surface area contributed by atoms with Gasteiger partial charge in [0.05, 0.1) is 0 Å². The van der Waals surface area contributed by atoms with Gasteiger partial charge in [0.25, 0.3) is 0 Å². The van der Waals surface area contributed by atoms with Crippen molar-refractivity contribution < 1.29 is 0 Å². The first kappa shape index (κ1) is 9.71. The number of aryl methyl sites for hydroxylation is 1. The fraction of sp³-hybridized carbons (Fsp3) is 0.273. The molecule has 0 atom stereocenters. The molecule has 0 aromatic carbocycles. The molecule has 2 heterocycles. The molecular formula is C11H14N4. The Kier molecular flexibility index (Phi) is 2.97. The van der Waals surface area contributed by atoms with E-state index in [0.717, 1.165) is 24.6 Å². The third kappa shape index (κ3) is 2.80. The maximum atomic E-state index is 4.26. The molecule has 78 valence electrons. The van der Waals surface area contributed by atoms with Gasteiger partial charge in [-0.1, -0.05) is 6.07 Å². The standard InChI is InChI=1S/C11H14N4/c1-9-2-3-10(15-8-9)12-5-4-11-13-6-7-14-11/h2-3,6-8H,4-5H2,1H3,(H,12,15)(H,13,14). The number of nitrogens with one attached hydrogen (secondary N) is 2. The summed E-state index contributed by atoms with van der Waals surface area (Å²) in [6, 6.07) is 4.03. The van der Waals surface area contributed by atoms with Crippen molar-refractivity contribution in [2.45, 2.75) is 13.3 Å². The van der Waals surface area contributed by atoms with Gasteiger partial charge < -0.3 is 10.3 Å². The minimum atomic E-state index is 0.837. The molecule has 0 aliphatic carbocycles. The number of H-pyrrole nitrogens is 1. The van der Waals surface area contributed by atoms with E-state index in [-0.39, 0.29) is 0 Å². The zero-order valence-electron chi connectivity index (χ0n) is 8.70. The predicted octanol–water partition coefficient (Wildman–Crippen LogP) is 1.77. The van der Waals surface area contributed by atoms with Crippen LogP contribution in [0.2, 0.25) is 0 Å². The minimum absolute atomic E-state index is 0.837. The molecule has 0 saturated carbocycles. The number of aromatic amines is 1. The van der Waals surface area contributed by atoms with Crippen molar-refractivity contribution in [2.75, 3.05) is 11.9 Å². The molecule has 0 spiro atoms. The Balaban J connectivity index is 1.81. The molecule has 2 N–H and O–H groups in total. The molecule has 2 aromatic rings. The topological polar surface area (TPSA) is 53.6 Å². The maximum Gasteiger partial charge on any atom is 0.125 e. The van der Waals surface area contributed by atoms with Crippen LogP contribution in [0.4, 0.5) is 5.82 Å². The van der Waals surface area contributed by atoms with Crippen molar-refractivity contribution in [1.29, 1.82) is 0 Å². The number of nitrogens with zero attached hydrogens (tertiary/aromatic N) is 2. The molecule has 0 fully saturated rings. The third-order valence-corrected chi connectivity index (χ3v) is 2.13. The Morgan fingerprint density at radius 3 is 2.93 bits per heavy atom. The molecule has 0 aliphatic rings. The van der Waals surface area contributed by atoms with Crippen molar-refractivity contribution in [3.05, 3.63) is 42.1 Å². The van der Waals surface area contributed by atoms with Gasteiger partial charge in [0.1, 0.15) is 11.6 Å². The number of pyridine rings is 1. The van der Waals surface area contributed by atoms with Crippen molar-refractivity contribution >= 4 is 5.82 Å². The number of rotatable bonds is 4. The highest BCUT2D eigenvalue weighted by Gasteiger charge is 1.95. The number of anilines is 1. The van der Waals surface area contributed by atoms with Gasteiger partial charge in [0, 0.05) is 31.6 Å². The van der Waals surface area contributed by atoms with Crippen LogP contribution in [0.3, 0.4) is 0 Å². The second-order valence-corrected chi connectivity index (χ2v) is 3.43. The molecule has 0 aliphatic heterocycles. The summed E-state index contributed by atoms with van der Waals surface area (Å²) in [5.74, 6) is 1.90. The van der Waals surface area contributed by atoms with E-state index in [0.29, 0.717) is 0 Å². The largest absolute Gasteiger partial charge is 0.370 e. The Labute approximate surface area is 88.8 Å². The zero-order chi connectivity index (χ0) is 10.5. The normalized spacial score (nSPS) is 10.2. The van der Waals surface area contributed by atoms with Crippen LogP contribution in [0.25, 0.3) is 0 Å². The van der Waals surface area contributed by atoms with Gasteiger partial charge in [-0.2, -0.15) is 0 Å². The van der Waals surface area contributed by atoms with Crippen molar-refractivity contribution in [3.63, 3.8) is 0 Å². The summed E-state index contributed by atoms with van der Waals surface area (Å²) >= 11 is 0. The van der Waals surface area contributed by atoms with Crippen molar-refractivity contribution in [3.8, 4) is 0 Å². The highest BCUT2D eigenvalue weighted by atomic mass is 15.0. The maximum absolute atomic E-state index is 4.26. The van der Waals surface area contributed by atoms with Crippen LogP contribution in [0.15, 0.2) is 30.7 Å². The summed E-state index contributed by atoms with van der Waals surface area (Å²) in [5.41, 5.74) is 1.17. The lowest BCUT2D eigenvalue weighted by Crippen LogP contribution is -2.07. The summed E-state index contributed by atoms with van der Waals surface area (Å²) < 4.78 is 0. The molecular weight excluding hydrogens is 188 g/mol. The van der Waals surface area contributed by atoms with Crippen LogP contribution in [0, 0.1) is 6.92 Å². The molecule has 0 amide bonds. The average Bonchev–Trinajstić information content (AvgIpc) is 2.74. The van der Waals surface area contributed by atoms with Crippen LogP contribution < -0.4 is 5.32 Å². The molecule has 15 heavy (non-hydrogen) atoms. The van der Waals surface area contributed by atoms with E-state index in [9.17, 15) is 0 Å². The van der Waals surface area contributed by atoms with E-state index in [1.165, 1.54) is 5.56 Å². The van der Waals surface area contributed by atoms with Crippen LogP contribution >= 0.6 is 0 Å². The summed E-state index contributed by atoms with van der Waals surface area (Å²) in [7, 11) is 0. The van der Waals surface area contributed by atoms with Crippen molar-refractivity contribution in [1.82, 2.24) is 15.0 Å². The van der Waals surface area contributed by atoms with Gasteiger partial charge >= 0.3 is 0 Å². The van der Waals surface area contributed by atoms with Crippen LogP contribution in [0.1, 0.15) is 11.4 Å². The summed E-state index contributed by atoms with van der Waals surface area (Å²) in [4.78, 5) is 11.5. The molecule has 4 nitrogen and oxygen atoms in total. The van der Waals surface area contributed by atoms with E-state index < -0.39 is 0 Å². The van der Waals surface area contributed by atoms with Crippen molar-refractivity contribution in [2.24, 2.45) is 0 Å². The van der Waals surface area contributed by atoms with E-state index in [1.54, 1.807) is 6.20 Å². The molecule has 0 bridgehead atoms. The fourth-order valence-electron chi connectivity index (χ4n) is 1.32. The Bertz CT molecular complexity index is 391. The monoisotopic (exact) mass is 202 g/mol. The lowest BCUT2D eigenvalue weighted by atomic mass is 10.3. The first-order chi connectivity index (χ1) is 7.34. The van der Waals surface area contributed by atoms with E-state index in [1.807, 2.05) is 31.5 Å². The predicted molar refractivity (Wildman–Crippen MR) is 59.8 cm³/mol. The van der Waals surface area contributed by atoms with E-state index in [4.69, 9.17) is 0 Å². The minimum Gasteiger partial charge on any atom is -0.370 e. The van der Waals surface area contributed by atoms with Gasteiger partial charge in [-0.15, -0.1) is 0 Å². The lowest BCUT2D eigenvalue weighted by molar-refractivity contribution is 0.921. The Morgan fingerprint density at radius 2 is 2.27 bits per heavy atom. The van der Waals surface area contributed by atoms with Gasteiger partial charge in [0.2, 0.25) is 0 Å². The van der Waals surface area contributed by atoms with E-state index >= 15 is 0 Å². The molecule has 0 unspecified atom stereocenters. The summed E-state index contributed by atoms with van der Waals surface area (Å²) in [6.45, 7) is 2.86. The summed E-state index contributed by atoms with van der Waals surface area (Å²) in [5, 5.41) is 3.24. The number of hydrogen-bond donors (Lipinski definition) is 2. The Hall–Kier alpha value is -1.84. The van der Waals surface area contributed by atoms with Crippen LogP contribution in [0.5, 0.6) is 0 Å². The number of hydrogen-bond acceptors (Lipinski definition) is 3. The molecule has 0 saturated heterocycles. The van der Waals surface area contributed by atoms with Gasteiger partial charge in [-0.05, 0) is 18.6 Å². The number of imidazole rings is 1. The Morgan fingerprint density at radius 1 is 1.33 bits per heavy atom. The second-order valence-electron chi connectivity index (χ2n) is 3.43. The molecule has 2 rings (SSSR count). The molecule has 2 aromatic heterocycles. The lowest BCUT2D eigenvalue weighted by Gasteiger charge is -2.03. The highest BCUT2D eigenvalue weighted by molar-refractivity contribution is 5.35. The van der Waals surface area contributed by atoms with E-state index in [2.05, 4.69) is 20.3 Å². The van der Waals surface area contributed by atoms with Crippen LogP contribution in [-0.4, -0.2) is 21.5 Å². The smallest absolute Gasteiger partial charge is 0.125 e. The van der Waals surface area contributed by atoms with Crippen LogP contribution in [-0.2, 0) is 6.42 Å². The van der Waals surface area contributed by atoms with Gasteiger partial charge in [0.15, 0.2) is 0 Å². The molecule has 4 heteroatoms. The SMILES string of the molecule is Cc1ccc(NCCc2ncc[nH]2)nc1. The first-order valence-electron chi connectivity index (χ1n) is 4.99. The zero-order valence-corrected chi connectivity index (χ0v) is 8.70. The van der Waals surface area contributed by atoms with Gasteiger partial charge in [-0.25, -0.2) is 9.97 Å². The van der Waals surface area contributed by atoms with Gasteiger partial charge in [-0.3, -0.25) is 0 Å². The number of aromatic nitrogens is 3.